The predicted molar refractivity (Wildman–Crippen MR) is 101 cm³/mol. The lowest BCUT2D eigenvalue weighted by molar-refractivity contribution is -0.117. The normalized spacial score (nSPS) is 13.7. The minimum atomic E-state index is -0.452. The zero-order valence-electron chi connectivity index (χ0n) is 15.1. The molecule has 3 heterocycles. The van der Waals surface area contributed by atoms with Gasteiger partial charge in [-0.15, -0.1) is 0 Å². The van der Waals surface area contributed by atoms with Crippen molar-refractivity contribution >= 4 is 22.6 Å². The van der Waals surface area contributed by atoms with Gasteiger partial charge in [0.25, 0.3) is 5.56 Å². The second kappa shape index (κ2) is 6.57. The molecule has 1 aliphatic carbocycles. The van der Waals surface area contributed by atoms with E-state index >= 15 is 0 Å². The van der Waals surface area contributed by atoms with Crippen LogP contribution in [0.3, 0.4) is 0 Å². The molecule has 1 N–H and O–H groups in total. The van der Waals surface area contributed by atoms with Gasteiger partial charge in [0.2, 0.25) is 5.91 Å². The summed E-state index contributed by atoms with van der Waals surface area (Å²) in [4.78, 5) is 33.2. The Balaban J connectivity index is 1.86. The van der Waals surface area contributed by atoms with E-state index in [2.05, 4.69) is 15.3 Å². The first kappa shape index (κ1) is 17.3. The highest BCUT2D eigenvalue weighted by Crippen LogP contribution is 2.30. The van der Waals surface area contributed by atoms with Crippen molar-refractivity contribution in [2.45, 2.75) is 33.2 Å². The summed E-state index contributed by atoms with van der Waals surface area (Å²) in [6.45, 7) is 3.93. The number of halogens is 1. The van der Waals surface area contributed by atoms with Crippen molar-refractivity contribution in [1.29, 1.82) is 0 Å². The fraction of sp³-hybridized carbons (Fsp3) is 0.300. The summed E-state index contributed by atoms with van der Waals surface area (Å²) in [6, 6.07) is 3.41. The van der Waals surface area contributed by atoms with Crippen molar-refractivity contribution in [2.24, 2.45) is 5.92 Å². The molecule has 0 saturated heterocycles. The van der Waals surface area contributed by atoms with Crippen molar-refractivity contribution < 1.29 is 9.18 Å². The highest BCUT2D eigenvalue weighted by atomic mass is 19.1. The monoisotopic (exact) mass is 366 g/mol. The number of pyridine rings is 3. The summed E-state index contributed by atoms with van der Waals surface area (Å²) < 4.78 is 15.5. The molecule has 4 rings (SSSR count). The Morgan fingerprint density at radius 2 is 2.04 bits per heavy atom. The van der Waals surface area contributed by atoms with Crippen molar-refractivity contribution in [3.05, 3.63) is 52.5 Å². The first-order valence-electron chi connectivity index (χ1n) is 8.94. The third kappa shape index (κ3) is 3.09. The molecule has 138 valence electrons. The molecule has 0 bridgehead atoms. The van der Waals surface area contributed by atoms with Crippen LogP contribution < -0.4 is 10.9 Å². The van der Waals surface area contributed by atoms with Crippen LogP contribution in [0.15, 0.2) is 35.5 Å². The maximum absolute atomic E-state index is 13.9. The van der Waals surface area contributed by atoms with Crippen LogP contribution in [0.25, 0.3) is 22.0 Å². The molecular weight excluding hydrogens is 347 g/mol. The van der Waals surface area contributed by atoms with Gasteiger partial charge in [-0.3, -0.25) is 14.6 Å². The zero-order valence-corrected chi connectivity index (χ0v) is 15.1. The lowest BCUT2D eigenvalue weighted by Crippen LogP contribution is -2.22. The Hall–Kier alpha value is -3.09. The van der Waals surface area contributed by atoms with Crippen molar-refractivity contribution in [2.75, 3.05) is 5.32 Å². The van der Waals surface area contributed by atoms with Gasteiger partial charge < -0.3 is 9.88 Å². The molecule has 1 fully saturated rings. The highest BCUT2D eigenvalue weighted by Gasteiger charge is 2.29. The highest BCUT2D eigenvalue weighted by molar-refractivity contribution is 5.95. The number of amides is 1. The number of carbonyl (C=O) groups excluding carboxylic acids is 1. The van der Waals surface area contributed by atoms with Crippen LogP contribution in [0, 0.1) is 18.7 Å². The van der Waals surface area contributed by atoms with E-state index in [1.807, 2.05) is 6.92 Å². The molecule has 6 nitrogen and oxygen atoms in total. The lowest BCUT2D eigenvalue weighted by atomic mass is 10.0. The van der Waals surface area contributed by atoms with Gasteiger partial charge in [0, 0.05) is 47.4 Å². The second-order valence-electron chi connectivity index (χ2n) is 6.79. The van der Waals surface area contributed by atoms with Crippen LogP contribution in [0.4, 0.5) is 10.2 Å². The number of rotatable bonds is 4. The molecule has 27 heavy (non-hydrogen) atoms. The van der Waals surface area contributed by atoms with Crippen LogP contribution in [-0.2, 0) is 11.3 Å². The molecule has 1 saturated carbocycles. The average molecular weight is 366 g/mol. The Morgan fingerprint density at radius 3 is 2.74 bits per heavy atom. The third-order valence-electron chi connectivity index (χ3n) is 4.94. The van der Waals surface area contributed by atoms with Gasteiger partial charge >= 0.3 is 0 Å². The number of nitrogens with one attached hydrogen (secondary N) is 1. The van der Waals surface area contributed by atoms with Gasteiger partial charge in [0.15, 0.2) is 0 Å². The van der Waals surface area contributed by atoms with E-state index in [1.54, 1.807) is 29.8 Å². The topological polar surface area (TPSA) is 76.9 Å². The summed E-state index contributed by atoms with van der Waals surface area (Å²) in [5.74, 6) is 0.00989. The maximum atomic E-state index is 13.9. The number of fused-ring (bicyclic) bond motifs is 1. The Morgan fingerprint density at radius 1 is 1.26 bits per heavy atom. The van der Waals surface area contributed by atoms with Crippen LogP contribution in [0.2, 0.25) is 0 Å². The smallest absolute Gasteiger partial charge is 0.258 e. The second-order valence-corrected chi connectivity index (χ2v) is 6.79. The fourth-order valence-corrected chi connectivity index (χ4v) is 3.19. The average Bonchev–Trinajstić information content (AvgIpc) is 3.49. The maximum Gasteiger partial charge on any atom is 0.258 e. The van der Waals surface area contributed by atoms with Crippen LogP contribution in [0.5, 0.6) is 0 Å². The first-order valence-corrected chi connectivity index (χ1v) is 8.94. The first-order chi connectivity index (χ1) is 13.0. The number of carbonyl (C=O) groups is 1. The molecule has 0 unspecified atom stereocenters. The number of aryl methyl sites for hydroxylation is 1. The quantitative estimate of drug-likeness (QED) is 0.769. The van der Waals surface area contributed by atoms with Crippen LogP contribution >= 0.6 is 0 Å². The molecule has 3 aromatic rings. The van der Waals surface area contributed by atoms with Crippen molar-refractivity contribution in [1.82, 2.24) is 14.5 Å². The predicted octanol–water partition coefficient (Wildman–Crippen LogP) is 3.27. The fourth-order valence-electron chi connectivity index (χ4n) is 3.19. The molecule has 0 atom stereocenters. The lowest BCUT2D eigenvalue weighted by Gasteiger charge is -2.13. The molecule has 0 aromatic carbocycles. The van der Waals surface area contributed by atoms with Gasteiger partial charge in [-0.2, -0.15) is 0 Å². The van der Waals surface area contributed by atoms with Gasteiger partial charge in [-0.1, -0.05) is 0 Å². The van der Waals surface area contributed by atoms with E-state index in [9.17, 15) is 14.0 Å². The number of aromatic nitrogens is 3. The van der Waals surface area contributed by atoms with Gasteiger partial charge in [0.05, 0.1) is 11.7 Å². The van der Waals surface area contributed by atoms with Crippen molar-refractivity contribution in [3.63, 3.8) is 0 Å². The molecule has 0 aliphatic heterocycles. The van der Waals surface area contributed by atoms with Crippen molar-refractivity contribution in [3.8, 4) is 11.1 Å². The molecule has 3 aromatic heterocycles. The minimum absolute atomic E-state index is 0.0367. The van der Waals surface area contributed by atoms with E-state index in [4.69, 9.17) is 0 Å². The van der Waals surface area contributed by atoms with E-state index in [1.165, 1.54) is 6.20 Å². The molecule has 0 spiro atoms. The summed E-state index contributed by atoms with van der Waals surface area (Å²) in [6.07, 6.45) is 6.06. The van der Waals surface area contributed by atoms with E-state index in [0.29, 0.717) is 34.6 Å². The molecule has 0 radical (unpaired) electrons. The zero-order chi connectivity index (χ0) is 19.1. The minimum Gasteiger partial charge on any atom is -0.310 e. The molecule has 1 amide bonds. The Kier molecular flexibility index (Phi) is 4.22. The van der Waals surface area contributed by atoms with Crippen LogP contribution in [0.1, 0.15) is 25.3 Å². The number of nitrogens with zero attached hydrogens (tertiary/aromatic N) is 3. The van der Waals surface area contributed by atoms with Gasteiger partial charge in [-0.25, -0.2) is 9.37 Å². The standard InChI is InChI=1S/C20H19FN4O2/c1-3-25-17-7-18(24-19(26)12-4-5-12)23-8-13(17)6-14(20(25)27)15-9-22-10-16(21)11(15)2/h6-10,12H,3-5H2,1-2H3,(H,23,24,26). The van der Waals surface area contributed by atoms with E-state index in [-0.39, 0.29) is 17.4 Å². The molecule has 1 aliphatic rings. The van der Waals surface area contributed by atoms with Gasteiger partial charge in [-0.05, 0) is 38.3 Å². The largest absolute Gasteiger partial charge is 0.310 e. The SMILES string of the molecule is CCn1c(=O)c(-c2cncc(F)c2C)cc2cnc(NC(=O)C3CC3)cc21. The number of anilines is 1. The third-order valence-corrected chi connectivity index (χ3v) is 4.94. The van der Waals surface area contributed by atoms with E-state index in [0.717, 1.165) is 24.4 Å². The number of hydrogen-bond donors (Lipinski definition) is 1. The summed E-state index contributed by atoms with van der Waals surface area (Å²) in [5, 5.41) is 3.54. The Bertz CT molecular complexity index is 1120. The Labute approximate surface area is 155 Å². The summed E-state index contributed by atoms with van der Waals surface area (Å²) in [7, 11) is 0. The summed E-state index contributed by atoms with van der Waals surface area (Å²) >= 11 is 0. The molecule has 7 heteroatoms. The van der Waals surface area contributed by atoms with E-state index < -0.39 is 5.82 Å². The molecular formula is C20H19FN4O2. The number of hydrogen-bond acceptors (Lipinski definition) is 4. The summed E-state index contributed by atoms with van der Waals surface area (Å²) in [5.41, 5.74) is 1.67. The van der Waals surface area contributed by atoms with Crippen LogP contribution in [-0.4, -0.2) is 20.4 Å². The van der Waals surface area contributed by atoms with Gasteiger partial charge in [0.1, 0.15) is 11.6 Å².